The maximum absolute atomic E-state index is 13.7. The van der Waals surface area contributed by atoms with Crippen LogP contribution in [0.25, 0.3) is 0 Å². The van der Waals surface area contributed by atoms with Crippen LogP contribution in [-0.2, 0) is 23.1 Å². The van der Waals surface area contributed by atoms with E-state index in [1.807, 2.05) is 6.92 Å². The average molecular weight is 364 g/mol. The SMILES string of the molecule is CCNC(=NCc1cccc(S(N)(=O)=O)c1)NCc1ccccc1F. The first kappa shape index (κ1) is 18.9. The van der Waals surface area contributed by atoms with Gasteiger partial charge in [-0.05, 0) is 30.7 Å². The number of guanidine groups is 1. The van der Waals surface area contributed by atoms with E-state index in [0.29, 0.717) is 23.6 Å². The van der Waals surface area contributed by atoms with Gasteiger partial charge in [-0.15, -0.1) is 0 Å². The van der Waals surface area contributed by atoms with Gasteiger partial charge in [-0.1, -0.05) is 30.3 Å². The summed E-state index contributed by atoms with van der Waals surface area (Å²) in [6.45, 7) is 3.11. The second kappa shape index (κ2) is 8.59. The molecule has 0 aromatic heterocycles. The lowest BCUT2D eigenvalue weighted by molar-refractivity contribution is 0.597. The molecule has 6 nitrogen and oxygen atoms in total. The first-order valence-electron chi connectivity index (χ1n) is 7.77. The van der Waals surface area contributed by atoms with E-state index in [-0.39, 0.29) is 23.8 Å². The molecule has 134 valence electrons. The summed E-state index contributed by atoms with van der Waals surface area (Å²) in [7, 11) is -3.75. The highest BCUT2D eigenvalue weighted by atomic mass is 32.2. The number of nitrogens with one attached hydrogen (secondary N) is 2. The summed E-state index contributed by atoms with van der Waals surface area (Å²) in [5.41, 5.74) is 1.24. The number of hydrogen-bond acceptors (Lipinski definition) is 3. The van der Waals surface area contributed by atoms with Gasteiger partial charge in [0.2, 0.25) is 10.0 Å². The van der Waals surface area contributed by atoms with Gasteiger partial charge in [0.15, 0.2) is 5.96 Å². The molecule has 0 radical (unpaired) electrons. The predicted octanol–water partition coefficient (Wildman–Crippen LogP) is 1.73. The zero-order valence-electron chi connectivity index (χ0n) is 13.9. The highest BCUT2D eigenvalue weighted by Crippen LogP contribution is 2.11. The van der Waals surface area contributed by atoms with Crippen LogP contribution in [0, 0.1) is 5.82 Å². The average Bonchev–Trinajstić information content (AvgIpc) is 2.58. The fourth-order valence-electron chi connectivity index (χ4n) is 2.15. The predicted molar refractivity (Wildman–Crippen MR) is 95.9 cm³/mol. The van der Waals surface area contributed by atoms with Gasteiger partial charge in [0, 0.05) is 18.7 Å². The van der Waals surface area contributed by atoms with E-state index in [1.54, 1.807) is 30.3 Å². The molecule has 0 aliphatic rings. The molecule has 0 spiro atoms. The van der Waals surface area contributed by atoms with Crippen LogP contribution in [0.2, 0.25) is 0 Å². The maximum Gasteiger partial charge on any atom is 0.238 e. The quantitative estimate of drug-likeness (QED) is 0.537. The second-order valence-electron chi connectivity index (χ2n) is 5.33. The first-order chi connectivity index (χ1) is 11.9. The third kappa shape index (κ3) is 5.84. The van der Waals surface area contributed by atoms with Crippen LogP contribution in [0.3, 0.4) is 0 Å². The summed E-state index contributed by atoms with van der Waals surface area (Å²) in [6.07, 6.45) is 0. The Morgan fingerprint density at radius 3 is 2.60 bits per heavy atom. The van der Waals surface area contributed by atoms with Crippen molar-refractivity contribution in [3.05, 3.63) is 65.5 Å². The Labute approximate surface area is 147 Å². The number of hydrogen-bond donors (Lipinski definition) is 3. The molecule has 8 heteroatoms. The molecule has 0 unspecified atom stereocenters. The van der Waals surface area contributed by atoms with Gasteiger partial charge in [-0.2, -0.15) is 0 Å². The van der Waals surface area contributed by atoms with Crippen molar-refractivity contribution in [3.8, 4) is 0 Å². The lowest BCUT2D eigenvalue weighted by Gasteiger charge is -2.12. The minimum absolute atomic E-state index is 0.0458. The number of sulfonamides is 1. The van der Waals surface area contributed by atoms with Gasteiger partial charge < -0.3 is 10.6 Å². The Bertz CT molecular complexity index is 853. The van der Waals surface area contributed by atoms with Crippen molar-refractivity contribution in [1.29, 1.82) is 0 Å². The van der Waals surface area contributed by atoms with Crippen LogP contribution < -0.4 is 15.8 Å². The monoisotopic (exact) mass is 364 g/mol. The first-order valence-corrected chi connectivity index (χ1v) is 9.32. The van der Waals surface area contributed by atoms with Crippen molar-refractivity contribution in [2.24, 2.45) is 10.1 Å². The summed E-state index contributed by atoms with van der Waals surface area (Å²) in [4.78, 5) is 4.43. The van der Waals surface area contributed by atoms with E-state index in [9.17, 15) is 12.8 Å². The Hall–Kier alpha value is -2.45. The summed E-state index contributed by atoms with van der Waals surface area (Å²) < 4.78 is 36.5. The fourth-order valence-corrected chi connectivity index (χ4v) is 2.74. The highest BCUT2D eigenvalue weighted by molar-refractivity contribution is 7.89. The molecule has 0 fully saturated rings. The van der Waals surface area contributed by atoms with Gasteiger partial charge in [-0.25, -0.2) is 22.9 Å². The zero-order valence-corrected chi connectivity index (χ0v) is 14.7. The molecular weight excluding hydrogens is 343 g/mol. The smallest absolute Gasteiger partial charge is 0.238 e. The van der Waals surface area contributed by atoms with Crippen molar-refractivity contribution in [2.75, 3.05) is 6.54 Å². The molecule has 0 bridgehead atoms. The van der Waals surface area contributed by atoms with E-state index >= 15 is 0 Å². The number of aliphatic imine (C=N–C) groups is 1. The molecule has 0 atom stereocenters. The maximum atomic E-state index is 13.7. The molecule has 0 heterocycles. The Kier molecular flexibility index (Phi) is 6.49. The largest absolute Gasteiger partial charge is 0.357 e. The number of rotatable bonds is 6. The van der Waals surface area contributed by atoms with Crippen molar-refractivity contribution in [1.82, 2.24) is 10.6 Å². The van der Waals surface area contributed by atoms with Crippen LogP contribution in [-0.4, -0.2) is 20.9 Å². The van der Waals surface area contributed by atoms with Crippen molar-refractivity contribution < 1.29 is 12.8 Å². The molecule has 0 saturated carbocycles. The Balaban J connectivity index is 2.08. The van der Waals surface area contributed by atoms with Crippen LogP contribution in [0.15, 0.2) is 58.4 Å². The normalized spacial score (nSPS) is 12.0. The van der Waals surface area contributed by atoms with Gasteiger partial charge in [0.1, 0.15) is 5.82 Å². The standard InChI is InChI=1S/C17H21FN4O2S/c1-2-20-17(22-12-14-7-3-4-9-16(14)18)21-11-13-6-5-8-15(10-13)25(19,23)24/h3-10H,2,11-12H2,1H3,(H2,19,23,24)(H2,20,21,22). The number of nitrogens with two attached hydrogens (primary N) is 1. The highest BCUT2D eigenvalue weighted by Gasteiger charge is 2.08. The summed E-state index contributed by atoms with van der Waals surface area (Å²) >= 11 is 0. The van der Waals surface area contributed by atoms with E-state index in [4.69, 9.17) is 5.14 Å². The molecule has 2 aromatic rings. The molecule has 4 N–H and O–H groups in total. The summed E-state index contributed by atoms with van der Waals surface area (Å²) in [6, 6.07) is 12.8. The van der Waals surface area contributed by atoms with E-state index in [0.717, 1.165) is 0 Å². The van der Waals surface area contributed by atoms with E-state index < -0.39 is 10.0 Å². The third-order valence-electron chi connectivity index (χ3n) is 3.40. The van der Waals surface area contributed by atoms with Gasteiger partial charge >= 0.3 is 0 Å². The van der Waals surface area contributed by atoms with Crippen LogP contribution in [0.4, 0.5) is 4.39 Å². The minimum Gasteiger partial charge on any atom is -0.357 e. The number of halogens is 1. The summed E-state index contributed by atoms with van der Waals surface area (Å²) in [5.74, 6) is 0.221. The molecule has 0 aliphatic heterocycles. The van der Waals surface area contributed by atoms with Crippen LogP contribution in [0.1, 0.15) is 18.1 Å². The molecule has 2 rings (SSSR count). The Morgan fingerprint density at radius 1 is 1.16 bits per heavy atom. The van der Waals surface area contributed by atoms with E-state index in [1.165, 1.54) is 18.2 Å². The van der Waals surface area contributed by atoms with Crippen molar-refractivity contribution >= 4 is 16.0 Å². The van der Waals surface area contributed by atoms with Gasteiger partial charge in [-0.3, -0.25) is 0 Å². The fraction of sp³-hybridized carbons (Fsp3) is 0.235. The molecule has 0 aliphatic carbocycles. The molecule has 2 aromatic carbocycles. The molecule has 25 heavy (non-hydrogen) atoms. The van der Waals surface area contributed by atoms with Crippen molar-refractivity contribution in [3.63, 3.8) is 0 Å². The number of nitrogens with zero attached hydrogens (tertiary/aromatic N) is 1. The third-order valence-corrected chi connectivity index (χ3v) is 4.31. The second-order valence-corrected chi connectivity index (χ2v) is 6.89. The van der Waals surface area contributed by atoms with E-state index in [2.05, 4.69) is 15.6 Å². The van der Waals surface area contributed by atoms with Crippen molar-refractivity contribution in [2.45, 2.75) is 24.9 Å². The summed E-state index contributed by atoms with van der Waals surface area (Å²) in [5, 5.41) is 11.2. The zero-order chi connectivity index (χ0) is 18.3. The topological polar surface area (TPSA) is 96.6 Å². The van der Waals surface area contributed by atoms with Gasteiger partial charge in [0.25, 0.3) is 0 Å². The molecular formula is C17H21FN4O2S. The molecule has 0 amide bonds. The number of benzene rings is 2. The number of primary sulfonamides is 1. The van der Waals surface area contributed by atoms with Crippen LogP contribution in [0.5, 0.6) is 0 Å². The lowest BCUT2D eigenvalue weighted by atomic mass is 10.2. The lowest BCUT2D eigenvalue weighted by Crippen LogP contribution is -2.37. The van der Waals surface area contributed by atoms with Gasteiger partial charge in [0.05, 0.1) is 11.4 Å². The Morgan fingerprint density at radius 2 is 1.92 bits per heavy atom. The minimum atomic E-state index is -3.75. The molecule has 0 saturated heterocycles. The van der Waals surface area contributed by atoms with Crippen LogP contribution >= 0.6 is 0 Å².